The minimum atomic E-state index is -0.910. The van der Waals surface area contributed by atoms with Crippen LogP contribution in [-0.4, -0.2) is 27.3 Å². The van der Waals surface area contributed by atoms with Crippen molar-refractivity contribution in [3.05, 3.63) is 87.5 Å². The van der Waals surface area contributed by atoms with Gasteiger partial charge in [-0.1, -0.05) is 23.7 Å². The van der Waals surface area contributed by atoms with E-state index in [9.17, 15) is 14.4 Å². The summed E-state index contributed by atoms with van der Waals surface area (Å²) in [4.78, 5) is 12.9. The van der Waals surface area contributed by atoms with Crippen molar-refractivity contribution in [2.24, 2.45) is 5.73 Å². The molecule has 1 aliphatic heterocycles. The molecule has 1 atom stereocenters. The summed E-state index contributed by atoms with van der Waals surface area (Å²) in [6.45, 7) is 0. The number of methoxy groups -OCH3 is 3. The lowest BCUT2D eigenvalue weighted by Crippen LogP contribution is -2.22. The standard InChI is InChI=1S/C26H20ClFN2O6/c1-32-20-9-13(10-21(33-2)24(20)34-3)26(31)35-14-7-8-15-19(11-14)36-25(30)16(12-29)22(15)23-17(27)5-4-6-18(23)28/h4-11,22H,30H2,1-3H3. The van der Waals surface area contributed by atoms with Gasteiger partial charge in [-0.25, -0.2) is 9.18 Å². The van der Waals surface area contributed by atoms with Gasteiger partial charge in [0.2, 0.25) is 11.6 Å². The summed E-state index contributed by atoms with van der Waals surface area (Å²) in [5, 5.41) is 9.82. The summed E-state index contributed by atoms with van der Waals surface area (Å²) in [5.74, 6) is -1.22. The highest BCUT2D eigenvalue weighted by Gasteiger charge is 2.34. The maximum Gasteiger partial charge on any atom is 0.343 e. The third kappa shape index (κ3) is 4.34. The van der Waals surface area contributed by atoms with Crippen LogP contribution in [0.5, 0.6) is 28.7 Å². The summed E-state index contributed by atoms with van der Waals surface area (Å²) in [7, 11) is 4.31. The number of rotatable bonds is 6. The van der Waals surface area contributed by atoms with E-state index in [-0.39, 0.29) is 50.6 Å². The van der Waals surface area contributed by atoms with E-state index in [4.69, 9.17) is 41.0 Å². The normalized spacial score (nSPS) is 14.3. The van der Waals surface area contributed by atoms with E-state index in [1.54, 1.807) is 6.07 Å². The van der Waals surface area contributed by atoms with Gasteiger partial charge in [0.15, 0.2) is 11.5 Å². The second-order valence-electron chi connectivity index (χ2n) is 7.56. The molecule has 0 aromatic heterocycles. The minimum Gasteiger partial charge on any atom is -0.493 e. The molecule has 0 bridgehead atoms. The average Bonchev–Trinajstić information content (AvgIpc) is 2.87. The highest BCUT2D eigenvalue weighted by atomic mass is 35.5. The van der Waals surface area contributed by atoms with E-state index in [1.165, 1.54) is 63.8 Å². The zero-order valence-corrected chi connectivity index (χ0v) is 20.2. The van der Waals surface area contributed by atoms with Crippen LogP contribution in [0.1, 0.15) is 27.4 Å². The summed E-state index contributed by atoms with van der Waals surface area (Å²) in [6, 6.07) is 13.6. The van der Waals surface area contributed by atoms with E-state index in [2.05, 4.69) is 0 Å². The van der Waals surface area contributed by atoms with Crippen LogP contribution in [-0.2, 0) is 0 Å². The van der Waals surface area contributed by atoms with Gasteiger partial charge in [0, 0.05) is 22.2 Å². The number of ether oxygens (including phenoxy) is 5. The van der Waals surface area contributed by atoms with Gasteiger partial charge in [0.1, 0.15) is 29.0 Å². The minimum absolute atomic E-state index is 0.0108. The number of nitrogens with two attached hydrogens (primary N) is 1. The molecule has 0 aliphatic carbocycles. The van der Waals surface area contributed by atoms with Crippen molar-refractivity contribution in [2.45, 2.75) is 5.92 Å². The quantitative estimate of drug-likeness (QED) is 0.366. The van der Waals surface area contributed by atoms with Gasteiger partial charge in [0.05, 0.1) is 32.8 Å². The van der Waals surface area contributed by atoms with Crippen LogP contribution in [0.25, 0.3) is 0 Å². The van der Waals surface area contributed by atoms with Crippen LogP contribution in [0.3, 0.4) is 0 Å². The molecule has 0 amide bonds. The van der Waals surface area contributed by atoms with Crippen molar-refractivity contribution in [2.75, 3.05) is 21.3 Å². The molecule has 0 radical (unpaired) electrons. The van der Waals surface area contributed by atoms with E-state index in [0.29, 0.717) is 11.3 Å². The van der Waals surface area contributed by atoms with Gasteiger partial charge < -0.3 is 29.4 Å². The van der Waals surface area contributed by atoms with Crippen LogP contribution in [0.15, 0.2) is 60.0 Å². The highest BCUT2D eigenvalue weighted by molar-refractivity contribution is 6.31. The molecule has 0 spiro atoms. The molecular weight excluding hydrogens is 491 g/mol. The number of hydrogen-bond acceptors (Lipinski definition) is 8. The second kappa shape index (κ2) is 10.1. The molecule has 36 heavy (non-hydrogen) atoms. The van der Waals surface area contributed by atoms with Crippen molar-refractivity contribution in [3.63, 3.8) is 0 Å². The van der Waals surface area contributed by atoms with Gasteiger partial charge >= 0.3 is 5.97 Å². The van der Waals surface area contributed by atoms with Gasteiger partial charge in [-0.15, -0.1) is 0 Å². The number of hydrogen-bond donors (Lipinski definition) is 1. The molecule has 184 valence electrons. The lowest BCUT2D eigenvalue weighted by atomic mass is 9.83. The number of carbonyl (C=O) groups excluding carboxylic acids is 1. The molecule has 1 heterocycles. The Morgan fingerprint density at radius 1 is 1.08 bits per heavy atom. The molecule has 1 aliphatic rings. The van der Waals surface area contributed by atoms with Crippen molar-refractivity contribution in [1.29, 1.82) is 5.26 Å². The van der Waals surface area contributed by atoms with E-state index in [0.717, 1.165) is 0 Å². The Kier molecular flexibility index (Phi) is 6.90. The number of allylic oxidation sites excluding steroid dienone is 1. The number of esters is 1. The largest absolute Gasteiger partial charge is 0.493 e. The first-order chi connectivity index (χ1) is 17.3. The van der Waals surface area contributed by atoms with E-state index >= 15 is 0 Å². The maximum absolute atomic E-state index is 14.8. The predicted octanol–water partition coefficient (Wildman–Crippen LogP) is 4.94. The Morgan fingerprint density at radius 2 is 1.78 bits per heavy atom. The molecule has 8 nitrogen and oxygen atoms in total. The average molecular weight is 511 g/mol. The Bertz CT molecular complexity index is 1390. The first-order valence-electron chi connectivity index (χ1n) is 10.5. The molecule has 3 aromatic rings. The number of halogens is 2. The summed E-state index contributed by atoms with van der Waals surface area (Å²) in [5.41, 5.74) is 6.66. The fraction of sp³-hybridized carbons (Fsp3) is 0.154. The summed E-state index contributed by atoms with van der Waals surface area (Å²) < 4.78 is 41.8. The monoisotopic (exact) mass is 510 g/mol. The first kappa shape index (κ1) is 24.7. The third-order valence-electron chi connectivity index (χ3n) is 5.59. The molecule has 10 heteroatoms. The van der Waals surface area contributed by atoms with Gasteiger partial charge in [-0.3, -0.25) is 0 Å². The second-order valence-corrected chi connectivity index (χ2v) is 7.97. The molecule has 2 N–H and O–H groups in total. The van der Waals surface area contributed by atoms with Crippen molar-refractivity contribution < 1.29 is 32.9 Å². The number of carbonyl (C=O) groups is 1. The molecule has 0 saturated heterocycles. The summed E-state index contributed by atoms with van der Waals surface area (Å²) >= 11 is 6.29. The van der Waals surface area contributed by atoms with Crippen LogP contribution in [0.4, 0.5) is 4.39 Å². The predicted molar refractivity (Wildman–Crippen MR) is 128 cm³/mol. The molecule has 1 unspecified atom stereocenters. The van der Waals surface area contributed by atoms with Gasteiger partial charge in [-0.2, -0.15) is 5.26 Å². The zero-order valence-electron chi connectivity index (χ0n) is 19.4. The Morgan fingerprint density at radius 3 is 2.36 bits per heavy atom. The lowest BCUT2D eigenvalue weighted by molar-refractivity contribution is 0.0733. The molecule has 4 rings (SSSR count). The van der Waals surface area contributed by atoms with Gasteiger partial charge in [0.25, 0.3) is 0 Å². The maximum atomic E-state index is 14.8. The Balaban J connectivity index is 1.71. The molecule has 0 fully saturated rings. The molecular formula is C26H20ClFN2O6. The number of nitrogens with zero attached hydrogens (tertiary/aromatic N) is 1. The third-order valence-corrected chi connectivity index (χ3v) is 5.92. The van der Waals surface area contributed by atoms with E-state index in [1.807, 2.05) is 6.07 Å². The van der Waals surface area contributed by atoms with Crippen LogP contribution in [0.2, 0.25) is 5.02 Å². The van der Waals surface area contributed by atoms with Crippen molar-refractivity contribution in [1.82, 2.24) is 0 Å². The van der Waals surface area contributed by atoms with E-state index < -0.39 is 17.7 Å². The van der Waals surface area contributed by atoms with Crippen LogP contribution >= 0.6 is 11.6 Å². The number of fused-ring (bicyclic) bond motifs is 1. The SMILES string of the molecule is COc1cc(C(=O)Oc2ccc3c(c2)OC(N)=C(C#N)C3c2c(F)cccc2Cl)cc(OC)c1OC. The highest BCUT2D eigenvalue weighted by Crippen LogP contribution is 2.46. The van der Waals surface area contributed by atoms with Crippen LogP contribution < -0.4 is 29.4 Å². The van der Waals surface area contributed by atoms with Crippen molar-refractivity contribution in [3.8, 4) is 34.8 Å². The van der Waals surface area contributed by atoms with Crippen molar-refractivity contribution >= 4 is 17.6 Å². The Labute approximate surface area is 211 Å². The molecule has 0 saturated carbocycles. The topological polar surface area (TPSA) is 113 Å². The number of benzene rings is 3. The summed E-state index contributed by atoms with van der Waals surface area (Å²) in [6.07, 6.45) is 0. The Hall–Kier alpha value is -4.42. The smallest absolute Gasteiger partial charge is 0.343 e. The number of nitriles is 1. The first-order valence-corrected chi connectivity index (χ1v) is 10.9. The van der Waals surface area contributed by atoms with Gasteiger partial charge in [-0.05, 0) is 30.3 Å². The van der Waals surface area contributed by atoms with Crippen LogP contribution in [0, 0.1) is 17.1 Å². The fourth-order valence-electron chi connectivity index (χ4n) is 3.95. The zero-order chi connectivity index (χ0) is 26.0. The fourth-order valence-corrected chi connectivity index (χ4v) is 4.22. The lowest BCUT2D eigenvalue weighted by Gasteiger charge is -2.27. The molecule has 3 aromatic carbocycles.